The smallest absolute Gasteiger partial charge is 0.0843 e. The number of rotatable bonds is 1. The third-order valence-corrected chi connectivity index (χ3v) is 5.09. The molecule has 1 atom stereocenters. The molecule has 1 saturated heterocycles. The highest BCUT2D eigenvalue weighted by molar-refractivity contribution is 5.02. The van der Waals surface area contributed by atoms with Crippen LogP contribution in [0.4, 0.5) is 0 Å². The van der Waals surface area contributed by atoms with Crippen LogP contribution in [-0.2, 0) is 4.74 Å². The SMILES string of the molecule is C1C2CC3CC1CC(C2)C3C1CO1. The molecule has 1 heterocycles. The van der Waals surface area contributed by atoms with Crippen LogP contribution < -0.4 is 0 Å². The molecule has 13 heavy (non-hydrogen) atoms. The number of hydrogen-bond donors (Lipinski definition) is 0. The molecule has 0 spiro atoms. The summed E-state index contributed by atoms with van der Waals surface area (Å²) in [5.41, 5.74) is 0. The molecule has 1 aliphatic heterocycles. The molecule has 0 aromatic carbocycles. The first kappa shape index (κ1) is 7.28. The van der Waals surface area contributed by atoms with E-state index in [4.69, 9.17) is 4.74 Å². The highest BCUT2D eigenvalue weighted by atomic mass is 16.6. The Hall–Kier alpha value is -0.0400. The van der Waals surface area contributed by atoms with Crippen molar-refractivity contribution in [2.75, 3.05) is 6.61 Å². The Morgan fingerprint density at radius 1 is 0.769 bits per heavy atom. The molecule has 4 saturated carbocycles. The second kappa shape index (κ2) is 2.31. The van der Waals surface area contributed by atoms with Crippen LogP contribution >= 0.6 is 0 Å². The normalized spacial score (nSPS) is 62.8. The molecule has 0 aromatic rings. The van der Waals surface area contributed by atoms with Crippen LogP contribution in [0.1, 0.15) is 32.1 Å². The van der Waals surface area contributed by atoms with E-state index in [9.17, 15) is 0 Å². The first-order valence-corrected chi connectivity index (χ1v) is 6.02. The predicted molar refractivity (Wildman–Crippen MR) is 50.3 cm³/mol. The topological polar surface area (TPSA) is 12.5 Å². The van der Waals surface area contributed by atoms with Gasteiger partial charge in [-0.25, -0.2) is 0 Å². The van der Waals surface area contributed by atoms with Gasteiger partial charge in [-0.05, 0) is 61.7 Å². The summed E-state index contributed by atoms with van der Waals surface area (Å²) in [7, 11) is 0. The van der Waals surface area contributed by atoms with E-state index >= 15 is 0 Å². The Morgan fingerprint density at radius 3 is 1.77 bits per heavy atom. The average molecular weight is 178 g/mol. The minimum absolute atomic E-state index is 0.704. The minimum Gasteiger partial charge on any atom is -0.373 e. The summed E-state index contributed by atoms with van der Waals surface area (Å²) in [6.45, 7) is 1.09. The van der Waals surface area contributed by atoms with Crippen LogP contribution in [0.5, 0.6) is 0 Å². The molecule has 4 aliphatic carbocycles. The molecular weight excluding hydrogens is 160 g/mol. The van der Waals surface area contributed by atoms with Gasteiger partial charge in [-0.3, -0.25) is 0 Å². The van der Waals surface area contributed by atoms with Gasteiger partial charge in [-0.15, -0.1) is 0 Å². The van der Waals surface area contributed by atoms with Crippen LogP contribution in [0, 0.1) is 29.6 Å². The molecule has 5 rings (SSSR count). The maximum Gasteiger partial charge on any atom is 0.0843 e. The molecule has 0 amide bonds. The predicted octanol–water partition coefficient (Wildman–Crippen LogP) is 2.46. The molecule has 0 N–H and O–H groups in total. The Morgan fingerprint density at radius 2 is 1.31 bits per heavy atom. The van der Waals surface area contributed by atoms with Gasteiger partial charge in [0.2, 0.25) is 0 Å². The quantitative estimate of drug-likeness (QED) is 0.562. The van der Waals surface area contributed by atoms with Crippen molar-refractivity contribution in [3.05, 3.63) is 0 Å². The van der Waals surface area contributed by atoms with Gasteiger partial charge in [-0.1, -0.05) is 0 Å². The summed E-state index contributed by atoms with van der Waals surface area (Å²) < 4.78 is 5.53. The highest BCUT2D eigenvalue weighted by Gasteiger charge is 2.53. The van der Waals surface area contributed by atoms with Crippen molar-refractivity contribution in [2.24, 2.45) is 29.6 Å². The van der Waals surface area contributed by atoms with Gasteiger partial charge in [0.05, 0.1) is 12.7 Å². The molecule has 0 aromatic heterocycles. The van der Waals surface area contributed by atoms with Crippen molar-refractivity contribution >= 4 is 0 Å². The summed E-state index contributed by atoms with van der Waals surface area (Å²) in [5, 5.41) is 0. The fourth-order valence-electron chi connectivity index (χ4n) is 4.85. The highest BCUT2D eigenvalue weighted by Crippen LogP contribution is 2.58. The molecular formula is C12H18O. The number of epoxide rings is 1. The van der Waals surface area contributed by atoms with Gasteiger partial charge in [0, 0.05) is 0 Å². The molecule has 72 valence electrons. The second-order valence-corrected chi connectivity index (χ2v) is 5.88. The zero-order valence-electron chi connectivity index (χ0n) is 8.11. The van der Waals surface area contributed by atoms with E-state index in [1.807, 2.05) is 0 Å². The van der Waals surface area contributed by atoms with Gasteiger partial charge in [0.15, 0.2) is 0 Å². The van der Waals surface area contributed by atoms with E-state index in [2.05, 4.69) is 0 Å². The lowest BCUT2D eigenvalue weighted by Crippen LogP contribution is -2.47. The Labute approximate surface area is 79.8 Å². The lowest BCUT2D eigenvalue weighted by molar-refractivity contribution is -0.0467. The van der Waals surface area contributed by atoms with Crippen LogP contribution in [-0.4, -0.2) is 12.7 Å². The van der Waals surface area contributed by atoms with Crippen molar-refractivity contribution in [1.82, 2.24) is 0 Å². The monoisotopic (exact) mass is 178 g/mol. The Balaban J connectivity index is 1.66. The number of hydrogen-bond acceptors (Lipinski definition) is 1. The third kappa shape index (κ3) is 0.971. The summed E-state index contributed by atoms with van der Waals surface area (Å²) >= 11 is 0. The lowest BCUT2D eigenvalue weighted by atomic mass is 9.51. The summed E-state index contributed by atoms with van der Waals surface area (Å²) in [6.07, 6.45) is 8.49. The van der Waals surface area contributed by atoms with Gasteiger partial charge in [-0.2, -0.15) is 0 Å². The molecule has 1 unspecified atom stereocenters. The molecule has 1 nitrogen and oxygen atoms in total. The molecule has 4 bridgehead atoms. The van der Waals surface area contributed by atoms with E-state index in [0.29, 0.717) is 6.10 Å². The molecule has 5 aliphatic rings. The van der Waals surface area contributed by atoms with E-state index < -0.39 is 0 Å². The Bertz CT molecular complexity index is 203. The van der Waals surface area contributed by atoms with E-state index in [0.717, 1.165) is 36.2 Å². The van der Waals surface area contributed by atoms with Gasteiger partial charge >= 0.3 is 0 Å². The van der Waals surface area contributed by atoms with Crippen LogP contribution in [0.15, 0.2) is 0 Å². The fraction of sp³-hybridized carbons (Fsp3) is 1.00. The number of ether oxygens (including phenoxy) is 1. The fourth-order valence-corrected chi connectivity index (χ4v) is 4.85. The van der Waals surface area contributed by atoms with Crippen LogP contribution in [0.25, 0.3) is 0 Å². The van der Waals surface area contributed by atoms with E-state index in [1.165, 1.54) is 0 Å². The van der Waals surface area contributed by atoms with Gasteiger partial charge < -0.3 is 4.74 Å². The van der Waals surface area contributed by atoms with Crippen molar-refractivity contribution in [3.8, 4) is 0 Å². The maximum absolute atomic E-state index is 5.53. The Kier molecular flexibility index (Phi) is 1.29. The maximum atomic E-state index is 5.53. The van der Waals surface area contributed by atoms with Crippen molar-refractivity contribution in [2.45, 2.75) is 38.2 Å². The largest absolute Gasteiger partial charge is 0.373 e. The standard InChI is InChI=1S/C12H18O/c1-7-2-9-4-8(1)5-10(3-7)12(9)11-6-13-11/h7-12H,1-6H2. The minimum atomic E-state index is 0.704. The second-order valence-electron chi connectivity index (χ2n) is 5.88. The van der Waals surface area contributed by atoms with E-state index in [1.54, 1.807) is 32.1 Å². The van der Waals surface area contributed by atoms with Gasteiger partial charge in [0.25, 0.3) is 0 Å². The summed E-state index contributed by atoms with van der Waals surface area (Å²) in [6, 6.07) is 0. The first-order chi connectivity index (χ1) is 6.40. The molecule has 1 heteroatoms. The molecule has 5 fully saturated rings. The van der Waals surface area contributed by atoms with Gasteiger partial charge in [0.1, 0.15) is 0 Å². The zero-order valence-corrected chi connectivity index (χ0v) is 8.11. The molecule has 0 radical (unpaired) electrons. The third-order valence-electron chi connectivity index (χ3n) is 5.09. The van der Waals surface area contributed by atoms with Crippen molar-refractivity contribution in [3.63, 3.8) is 0 Å². The zero-order chi connectivity index (χ0) is 8.41. The first-order valence-electron chi connectivity index (χ1n) is 6.02. The van der Waals surface area contributed by atoms with Crippen LogP contribution in [0.2, 0.25) is 0 Å². The van der Waals surface area contributed by atoms with E-state index in [-0.39, 0.29) is 0 Å². The van der Waals surface area contributed by atoms with Crippen LogP contribution in [0.3, 0.4) is 0 Å². The van der Waals surface area contributed by atoms with Crippen molar-refractivity contribution < 1.29 is 4.74 Å². The van der Waals surface area contributed by atoms with Crippen molar-refractivity contribution in [1.29, 1.82) is 0 Å². The average Bonchev–Trinajstić information content (AvgIpc) is 2.85. The summed E-state index contributed by atoms with van der Waals surface area (Å²) in [4.78, 5) is 0. The lowest BCUT2D eigenvalue weighted by Gasteiger charge is -2.54. The summed E-state index contributed by atoms with van der Waals surface area (Å²) in [5.74, 6) is 5.38.